The van der Waals surface area contributed by atoms with Gasteiger partial charge in [0, 0.05) is 32.7 Å². The smallest absolute Gasteiger partial charge is 0.309 e. The van der Waals surface area contributed by atoms with Crippen LogP contribution in [0.2, 0.25) is 0 Å². The summed E-state index contributed by atoms with van der Waals surface area (Å²) in [6, 6.07) is 8.60. The molecule has 0 unspecified atom stereocenters. The van der Waals surface area contributed by atoms with Gasteiger partial charge in [-0.05, 0) is 33.3 Å². The van der Waals surface area contributed by atoms with Crippen molar-refractivity contribution >= 4 is 12.9 Å². The SMILES string of the molecule is CC(C)(O)C(C)(C)OBc1ccc(CN2CCNCC2)cc1. The van der Waals surface area contributed by atoms with Crippen LogP contribution in [0.3, 0.4) is 0 Å². The number of hydrogen-bond acceptors (Lipinski definition) is 4. The van der Waals surface area contributed by atoms with Gasteiger partial charge >= 0.3 is 7.48 Å². The van der Waals surface area contributed by atoms with Gasteiger partial charge in [-0.25, -0.2) is 0 Å². The highest BCUT2D eigenvalue weighted by Crippen LogP contribution is 2.24. The summed E-state index contributed by atoms with van der Waals surface area (Å²) in [4.78, 5) is 2.47. The lowest BCUT2D eigenvalue weighted by Crippen LogP contribution is -2.49. The Balaban J connectivity index is 1.86. The third-order valence-electron chi connectivity index (χ3n) is 4.71. The monoisotopic (exact) mass is 304 g/mol. The first-order valence-corrected chi connectivity index (χ1v) is 8.15. The van der Waals surface area contributed by atoms with Crippen molar-refractivity contribution in [1.29, 1.82) is 0 Å². The largest absolute Gasteiger partial charge is 0.427 e. The zero-order chi connectivity index (χ0) is 16.2. The van der Waals surface area contributed by atoms with E-state index in [4.69, 9.17) is 4.65 Å². The Morgan fingerprint density at radius 2 is 1.73 bits per heavy atom. The first-order chi connectivity index (χ1) is 10.3. The van der Waals surface area contributed by atoms with E-state index in [1.54, 1.807) is 13.8 Å². The molecule has 2 rings (SSSR count). The van der Waals surface area contributed by atoms with E-state index in [0.717, 1.165) is 38.2 Å². The lowest BCUT2D eigenvalue weighted by atomic mass is 9.82. The van der Waals surface area contributed by atoms with Crippen LogP contribution in [-0.2, 0) is 11.2 Å². The summed E-state index contributed by atoms with van der Waals surface area (Å²) < 4.78 is 5.90. The van der Waals surface area contributed by atoms with Gasteiger partial charge in [-0.1, -0.05) is 29.7 Å². The van der Waals surface area contributed by atoms with Gasteiger partial charge in [0.15, 0.2) is 0 Å². The predicted octanol–water partition coefficient (Wildman–Crippen LogP) is 0.635. The van der Waals surface area contributed by atoms with E-state index in [1.165, 1.54) is 5.56 Å². The maximum Gasteiger partial charge on any atom is 0.309 e. The standard InChI is InChI=1S/C17H29BN2O2/c1-16(2,21)17(3,4)22-18-15-7-5-14(6-8-15)13-20-11-9-19-10-12-20/h5-8,18-19,21H,9-13H2,1-4H3. The molecule has 122 valence electrons. The molecule has 0 aliphatic carbocycles. The summed E-state index contributed by atoms with van der Waals surface area (Å²) in [6.45, 7) is 12.8. The highest BCUT2D eigenvalue weighted by Gasteiger charge is 2.35. The minimum atomic E-state index is -0.866. The molecule has 4 nitrogen and oxygen atoms in total. The molecule has 1 fully saturated rings. The first-order valence-electron chi connectivity index (χ1n) is 8.15. The van der Waals surface area contributed by atoms with Crippen molar-refractivity contribution < 1.29 is 9.76 Å². The first kappa shape index (κ1) is 17.5. The summed E-state index contributed by atoms with van der Waals surface area (Å²) in [5.41, 5.74) is 1.04. The molecule has 0 amide bonds. The van der Waals surface area contributed by atoms with Crippen LogP contribution in [-0.4, -0.2) is 54.9 Å². The van der Waals surface area contributed by atoms with Crippen LogP contribution in [0.15, 0.2) is 24.3 Å². The van der Waals surface area contributed by atoms with E-state index in [0.29, 0.717) is 7.48 Å². The molecule has 1 aliphatic rings. The summed E-state index contributed by atoms with van der Waals surface area (Å²) in [7, 11) is 0.519. The van der Waals surface area contributed by atoms with Crippen LogP contribution in [0.25, 0.3) is 0 Å². The molecular weight excluding hydrogens is 275 g/mol. The quantitative estimate of drug-likeness (QED) is 0.757. The van der Waals surface area contributed by atoms with Crippen LogP contribution >= 0.6 is 0 Å². The fraction of sp³-hybridized carbons (Fsp3) is 0.647. The van der Waals surface area contributed by atoms with Gasteiger partial charge < -0.3 is 15.1 Å². The Morgan fingerprint density at radius 1 is 1.14 bits per heavy atom. The van der Waals surface area contributed by atoms with Crippen molar-refractivity contribution in [3.8, 4) is 0 Å². The molecule has 0 aromatic heterocycles. The minimum absolute atomic E-state index is 0.519. The molecule has 1 saturated heterocycles. The lowest BCUT2D eigenvalue weighted by molar-refractivity contribution is -0.0893. The molecular formula is C17H29BN2O2. The normalized spacial score (nSPS) is 17.5. The Bertz CT molecular complexity index is 463. The van der Waals surface area contributed by atoms with Crippen molar-refractivity contribution in [3.63, 3.8) is 0 Å². The Labute approximate surface area is 135 Å². The second-order valence-corrected chi connectivity index (χ2v) is 7.20. The molecule has 22 heavy (non-hydrogen) atoms. The third-order valence-corrected chi connectivity index (χ3v) is 4.71. The van der Waals surface area contributed by atoms with Gasteiger partial charge in [-0.2, -0.15) is 0 Å². The molecule has 2 N–H and O–H groups in total. The van der Waals surface area contributed by atoms with Crippen LogP contribution in [0.5, 0.6) is 0 Å². The summed E-state index contributed by atoms with van der Waals surface area (Å²) >= 11 is 0. The predicted molar refractivity (Wildman–Crippen MR) is 92.8 cm³/mol. The summed E-state index contributed by atoms with van der Waals surface area (Å²) in [6.07, 6.45) is 0. The van der Waals surface area contributed by atoms with Crippen LogP contribution in [0.4, 0.5) is 0 Å². The van der Waals surface area contributed by atoms with Crippen LogP contribution in [0.1, 0.15) is 33.3 Å². The van der Waals surface area contributed by atoms with Crippen LogP contribution < -0.4 is 10.8 Å². The molecule has 0 bridgehead atoms. The van der Waals surface area contributed by atoms with Crippen molar-refractivity contribution in [1.82, 2.24) is 10.2 Å². The van der Waals surface area contributed by atoms with Gasteiger partial charge in [0.05, 0.1) is 11.2 Å². The summed E-state index contributed by atoms with van der Waals surface area (Å²) in [5, 5.41) is 13.5. The van der Waals surface area contributed by atoms with E-state index in [2.05, 4.69) is 34.5 Å². The van der Waals surface area contributed by atoms with Gasteiger partial charge in [-0.15, -0.1) is 0 Å². The Morgan fingerprint density at radius 3 is 2.27 bits per heavy atom. The number of rotatable bonds is 6. The van der Waals surface area contributed by atoms with Crippen molar-refractivity contribution in [2.45, 2.75) is 45.4 Å². The van der Waals surface area contributed by atoms with E-state index in [-0.39, 0.29) is 0 Å². The van der Waals surface area contributed by atoms with E-state index in [1.807, 2.05) is 13.8 Å². The van der Waals surface area contributed by atoms with Crippen molar-refractivity contribution in [2.75, 3.05) is 26.2 Å². The number of nitrogens with zero attached hydrogens (tertiary/aromatic N) is 1. The topological polar surface area (TPSA) is 44.7 Å². The molecule has 0 atom stereocenters. The number of hydrogen-bond donors (Lipinski definition) is 2. The number of nitrogens with one attached hydrogen (secondary N) is 1. The average molecular weight is 304 g/mol. The van der Waals surface area contributed by atoms with Gasteiger partial charge in [-0.3, -0.25) is 4.90 Å². The highest BCUT2D eigenvalue weighted by molar-refractivity contribution is 6.47. The summed E-state index contributed by atoms with van der Waals surface area (Å²) in [5.74, 6) is 0. The number of aliphatic hydroxyl groups is 1. The van der Waals surface area contributed by atoms with Gasteiger partial charge in [0.1, 0.15) is 0 Å². The van der Waals surface area contributed by atoms with E-state index >= 15 is 0 Å². The molecule has 0 saturated carbocycles. The Hall–Kier alpha value is -0.875. The van der Waals surface area contributed by atoms with E-state index < -0.39 is 11.2 Å². The third kappa shape index (κ3) is 4.81. The Kier molecular flexibility index (Phi) is 5.67. The van der Waals surface area contributed by atoms with Crippen molar-refractivity contribution in [3.05, 3.63) is 29.8 Å². The highest BCUT2D eigenvalue weighted by atomic mass is 16.5. The second kappa shape index (κ2) is 7.13. The average Bonchev–Trinajstić information content (AvgIpc) is 2.46. The molecule has 1 aliphatic heterocycles. The number of benzene rings is 1. The van der Waals surface area contributed by atoms with Crippen LogP contribution in [0, 0.1) is 0 Å². The van der Waals surface area contributed by atoms with Gasteiger partial charge in [0.2, 0.25) is 0 Å². The van der Waals surface area contributed by atoms with E-state index in [9.17, 15) is 5.11 Å². The second-order valence-electron chi connectivity index (χ2n) is 7.20. The van der Waals surface area contributed by atoms with Gasteiger partial charge in [0.25, 0.3) is 0 Å². The maximum atomic E-state index is 10.1. The molecule has 5 heteroatoms. The maximum absolute atomic E-state index is 10.1. The zero-order valence-corrected chi connectivity index (χ0v) is 14.4. The molecule has 0 spiro atoms. The van der Waals surface area contributed by atoms with Crippen molar-refractivity contribution in [2.24, 2.45) is 0 Å². The number of piperazine rings is 1. The molecule has 1 aromatic rings. The minimum Gasteiger partial charge on any atom is -0.427 e. The molecule has 0 radical (unpaired) electrons. The molecule has 1 aromatic carbocycles. The lowest BCUT2D eigenvalue weighted by Gasteiger charge is -2.37. The fourth-order valence-electron chi connectivity index (χ4n) is 2.31. The fourth-order valence-corrected chi connectivity index (χ4v) is 2.31. The zero-order valence-electron chi connectivity index (χ0n) is 14.4. The molecule has 1 heterocycles.